The molecule has 96 valence electrons. The van der Waals surface area contributed by atoms with Crippen LogP contribution in [0.25, 0.3) is 0 Å². The van der Waals surface area contributed by atoms with Gasteiger partial charge in [0.05, 0.1) is 12.2 Å². The van der Waals surface area contributed by atoms with E-state index < -0.39 is 0 Å². The van der Waals surface area contributed by atoms with E-state index in [4.69, 9.17) is 11.6 Å². The lowest BCUT2D eigenvalue weighted by molar-refractivity contribution is 0.615. The van der Waals surface area contributed by atoms with Crippen LogP contribution >= 0.6 is 11.6 Å². The van der Waals surface area contributed by atoms with Gasteiger partial charge in [0.25, 0.3) is 0 Å². The first kappa shape index (κ1) is 13.1. The number of nitrogens with one attached hydrogen (secondary N) is 1. The molecule has 0 aliphatic carbocycles. The summed E-state index contributed by atoms with van der Waals surface area (Å²) in [6.45, 7) is 4.16. The van der Waals surface area contributed by atoms with Gasteiger partial charge in [-0.15, -0.1) is 0 Å². The third kappa shape index (κ3) is 3.31. The summed E-state index contributed by atoms with van der Waals surface area (Å²) in [5.41, 5.74) is 1.69. The maximum atomic E-state index is 13.1. The highest BCUT2D eigenvalue weighted by Crippen LogP contribution is 2.18. The number of hydrogen-bond donors (Lipinski definition) is 1. The summed E-state index contributed by atoms with van der Waals surface area (Å²) in [5.74, 6) is -0.283. The van der Waals surface area contributed by atoms with Gasteiger partial charge in [0, 0.05) is 17.8 Å². The summed E-state index contributed by atoms with van der Waals surface area (Å²) in [6, 6.07) is 6.30. The van der Waals surface area contributed by atoms with Crippen LogP contribution in [0.4, 0.5) is 4.39 Å². The number of rotatable bonds is 5. The topological polar surface area (TPSA) is 29.9 Å². The summed E-state index contributed by atoms with van der Waals surface area (Å²) in [7, 11) is 0. The molecule has 0 aliphatic rings. The summed E-state index contributed by atoms with van der Waals surface area (Å²) in [6.07, 6.45) is 1.87. The van der Waals surface area contributed by atoms with Crippen LogP contribution in [0.2, 0.25) is 5.02 Å². The van der Waals surface area contributed by atoms with Crippen molar-refractivity contribution >= 4 is 11.6 Å². The van der Waals surface area contributed by atoms with Gasteiger partial charge in [0.15, 0.2) is 0 Å². The molecule has 0 unspecified atom stereocenters. The standard InChI is InChI=1S/C13H15ClFN3/c1-2-16-8-12-5-6-18(17-12)9-10-7-11(15)3-4-13(10)14/h3-7,16H,2,8-9H2,1H3. The molecule has 1 aromatic carbocycles. The second-order valence-electron chi connectivity index (χ2n) is 4.02. The van der Waals surface area contributed by atoms with Crippen LogP contribution < -0.4 is 5.32 Å². The Kier molecular flexibility index (Phi) is 4.33. The zero-order valence-electron chi connectivity index (χ0n) is 10.2. The van der Waals surface area contributed by atoms with Gasteiger partial charge < -0.3 is 5.32 Å². The van der Waals surface area contributed by atoms with Crippen molar-refractivity contribution < 1.29 is 4.39 Å². The molecule has 1 N–H and O–H groups in total. The normalized spacial score (nSPS) is 10.8. The van der Waals surface area contributed by atoms with Crippen molar-refractivity contribution in [2.45, 2.75) is 20.0 Å². The van der Waals surface area contributed by atoms with Gasteiger partial charge in [0.1, 0.15) is 5.82 Å². The van der Waals surface area contributed by atoms with Crippen LogP contribution in [0.5, 0.6) is 0 Å². The fraction of sp³-hybridized carbons (Fsp3) is 0.308. The molecule has 0 saturated heterocycles. The fourth-order valence-electron chi connectivity index (χ4n) is 1.68. The molecule has 0 aliphatic heterocycles. The maximum Gasteiger partial charge on any atom is 0.123 e. The third-order valence-electron chi connectivity index (χ3n) is 2.59. The number of nitrogens with zero attached hydrogens (tertiary/aromatic N) is 2. The van der Waals surface area contributed by atoms with E-state index in [0.29, 0.717) is 11.6 Å². The Morgan fingerprint density at radius 3 is 3.00 bits per heavy atom. The Labute approximate surface area is 111 Å². The molecule has 1 aromatic heterocycles. The quantitative estimate of drug-likeness (QED) is 0.903. The van der Waals surface area contributed by atoms with Crippen molar-refractivity contribution in [3.8, 4) is 0 Å². The molecular formula is C13H15ClFN3. The van der Waals surface area contributed by atoms with Crippen molar-refractivity contribution in [3.05, 3.63) is 52.6 Å². The minimum Gasteiger partial charge on any atom is -0.311 e. The van der Waals surface area contributed by atoms with Crippen molar-refractivity contribution in [1.29, 1.82) is 0 Å². The van der Waals surface area contributed by atoms with Crippen molar-refractivity contribution in [2.24, 2.45) is 0 Å². The van der Waals surface area contributed by atoms with Crippen LogP contribution in [-0.2, 0) is 13.1 Å². The second kappa shape index (κ2) is 5.98. The van der Waals surface area contributed by atoms with E-state index in [1.807, 2.05) is 19.2 Å². The summed E-state index contributed by atoms with van der Waals surface area (Å²) in [4.78, 5) is 0. The third-order valence-corrected chi connectivity index (χ3v) is 2.96. The molecule has 1 heterocycles. The zero-order valence-corrected chi connectivity index (χ0v) is 10.9. The number of benzene rings is 1. The average molecular weight is 268 g/mol. The highest BCUT2D eigenvalue weighted by molar-refractivity contribution is 6.31. The van der Waals surface area contributed by atoms with Gasteiger partial charge in [-0.2, -0.15) is 5.10 Å². The van der Waals surface area contributed by atoms with E-state index in [1.165, 1.54) is 12.1 Å². The van der Waals surface area contributed by atoms with E-state index in [0.717, 1.165) is 24.3 Å². The van der Waals surface area contributed by atoms with Crippen molar-refractivity contribution in [2.75, 3.05) is 6.54 Å². The lowest BCUT2D eigenvalue weighted by Crippen LogP contribution is -2.12. The summed E-state index contributed by atoms with van der Waals surface area (Å²) >= 11 is 6.02. The lowest BCUT2D eigenvalue weighted by Gasteiger charge is -2.05. The molecule has 0 fully saturated rings. The van der Waals surface area contributed by atoms with Gasteiger partial charge in [-0.05, 0) is 36.4 Å². The molecule has 0 amide bonds. The number of halogens is 2. The average Bonchev–Trinajstić information content (AvgIpc) is 2.79. The van der Waals surface area contributed by atoms with Gasteiger partial charge in [-0.1, -0.05) is 18.5 Å². The van der Waals surface area contributed by atoms with Crippen LogP contribution in [-0.4, -0.2) is 16.3 Å². The van der Waals surface area contributed by atoms with E-state index >= 15 is 0 Å². The highest BCUT2D eigenvalue weighted by atomic mass is 35.5. The Morgan fingerprint density at radius 1 is 1.39 bits per heavy atom. The van der Waals surface area contributed by atoms with Gasteiger partial charge in [-0.25, -0.2) is 4.39 Å². The molecule has 5 heteroatoms. The van der Waals surface area contributed by atoms with E-state index in [2.05, 4.69) is 10.4 Å². The minimum atomic E-state index is -0.283. The molecule has 18 heavy (non-hydrogen) atoms. The lowest BCUT2D eigenvalue weighted by atomic mass is 10.2. The van der Waals surface area contributed by atoms with Gasteiger partial charge >= 0.3 is 0 Å². The van der Waals surface area contributed by atoms with E-state index in [9.17, 15) is 4.39 Å². The Bertz CT molecular complexity index is 525. The molecule has 0 atom stereocenters. The largest absolute Gasteiger partial charge is 0.311 e. The van der Waals surface area contributed by atoms with Crippen LogP contribution in [0.1, 0.15) is 18.2 Å². The Balaban J connectivity index is 2.08. The van der Waals surface area contributed by atoms with E-state index in [-0.39, 0.29) is 5.82 Å². The van der Waals surface area contributed by atoms with E-state index in [1.54, 1.807) is 10.7 Å². The first-order valence-corrected chi connectivity index (χ1v) is 6.24. The second-order valence-corrected chi connectivity index (χ2v) is 4.43. The van der Waals surface area contributed by atoms with Gasteiger partial charge in [-0.3, -0.25) is 4.68 Å². The Morgan fingerprint density at radius 2 is 2.22 bits per heavy atom. The first-order valence-electron chi connectivity index (χ1n) is 5.86. The minimum absolute atomic E-state index is 0.283. The smallest absolute Gasteiger partial charge is 0.123 e. The molecule has 2 rings (SSSR count). The molecule has 0 spiro atoms. The summed E-state index contributed by atoms with van der Waals surface area (Å²) in [5, 5.41) is 8.14. The predicted octanol–water partition coefficient (Wildman–Crippen LogP) is 2.83. The molecule has 0 saturated carbocycles. The van der Waals surface area contributed by atoms with Crippen LogP contribution in [0.3, 0.4) is 0 Å². The molecule has 0 bridgehead atoms. The van der Waals surface area contributed by atoms with Gasteiger partial charge in [0.2, 0.25) is 0 Å². The molecular weight excluding hydrogens is 253 g/mol. The van der Waals surface area contributed by atoms with Crippen molar-refractivity contribution in [1.82, 2.24) is 15.1 Å². The first-order chi connectivity index (χ1) is 8.69. The Hall–Kier alpha value is -1.39. The van der Waals surface area contributed by atoms with Crippen molar-refractivity contribution in [3.63, 3.8) is 0 Å². The summed E-state index contributed by atoms with van der Waals surface area (Å²) < 4.78 is 14.9. The molecule has 2 aromatic rings. The fourth-order valence-corrected chi connectivity index (χ4v) is 1.86. The molecule has 0 radical (unpaired) electrons. The maximum absolute atomic E-state index is 13.1. The number of aromatic nitrogens is 2. The monoisotopic (exact) mass is 267 g/mol. The zero-order chi connectivity index (χ0) is 13.0. The van der Waals surface area contributed by atoms with Crippen LogP contribution in [0, 0.1) is 5.82 Å². The predicted molar refractivity (Wildman–Crippen MR) is 70.1 cm³/mol. The number of hydrogen-bond acceptors (Lipinski definition) is 2. The van der Waals surface area contributed by atoms with Crippen LogP contribution in [0.15, 0.2) is 30.5 Å². The molecule has 3 nitrogen and oxygen atoms in total. The highest BCUT2D eigenvalue weighted by Gasteiger charge is 2.04. The SMILES string of the molecule is CCNCc1ccn(Cc2cc(F)ccc2Cl)n1.